The Hall–Kier alpha value is -3.41. The van der Waals surface area contributed by atoms with Gasteiger partial charge < -0.3 is 63.8 Å². The van der Waals surface area contributed by atoms with Crippen LogP contribution in [-0.4, -0.2) is 165 Å². The molecular weight excluding hydrogens is 1100 g/mol. The highest BCUT2D eigenvalue weighted by atomic mass is 31.1. The molecule has 0 aliphatic carbocycles. The molecule has 16 heteroatoms. The molecular formula is C69H109N2O13P. The van der Waals surface area contributed by atoms with Crippen molar-refractivity contribution in [1.82, 2.24) is 9.80 Å². The van der Waals surface area contributed by atoms with Gasteiger partial charge in [-0.3, -0.25) is 9.59 Å². The summed E-state index contributed by atoms with van der Waals surface area (Å²) in [7, 11) is 4.51. The van der Waals surface area contributed by atoms with Crippen molar-refractivity contribution in [1.29, 1.82) is 0 Å². The van der Waals surface area contributed by atoms with E-state index < -0.39 is 110 Å². The van der Waals surface area contributed by atoms with Crippen LogP contribution >= 0.6 is 7.92 Å². The van der Waals surface area contributed by atoms with E-state index in [-0.39, 0.29) is 50.3 Å². The number of cyclic esters (lactones) is 1. The highest BCUT2D eigenvalue weighted by molar-refractivity contribution is 7.79. The van der Waals surface area contributed by atoms with Gasteiger partial charge in [-0.15, -0.1) is 0 Å². The normalized spacial score (nSPS) is 34.7. The van der Waals surface area contributed by atoms with Gasteiger partial charge in [0.1, 0.15) is 30.0 Å². The molecule has 3 aromatic rings. The van der Waals surface area contributed by atoms with Crippen molar-refractivity contribution in [2.45, 2.75) is 271 Å². The molecule has 1 amide bonds. The van der Waals surface area contributed by atoms with Crippen LogP contribution in [0.5, 0.6) is 0 Å². The second-order valence-electron chi connectivity index (χ2n) is 27.1. The average Bonchev–Trinajstić information content (AvgIpc) is 2.07. The van der Waals surface area contributed by atoms with E-state index in [2.05, 4.69) is 89.2 Å². The van der Waals surface area contributed by atoms with Crippen LogP contribution in [0.1, 0.15) is 173 Å². The Labute approximate surface area is 511 Å². The lowest BCUT2D eigenvalue weighted by molar-refractivity contribution is -0.318. The minimum Gasteiger partial charge on any atom is -0.459 e. The number of rotatable bonds is 19. The maximum Gasteiger partial charge on any atom is 0.311 e. The highest BCUT2D eigenvalue weighted by Crippen LogP contribution is 2.41. The summed E-state index contributed by atoms with van der Waals surface area (Å²) in [6.07, 6.45) is -2.76. The second kappa shape index (κ2) is 30.4. The third-order valence-electron chi connectivity index (χ3n) is 18.6. The van der Waals surface area contributed by atoms with E-state index in [0.717, 1.165) is 38.5 Å². The lowest BCUT2D eigenvalue weighted by Crippen LogP contribution is -2.60. The van der Waals surface area contributed by atoms with E-state index in [4.69, 9.17) is 28.4 Å². The number of carbonyl (C=O) groups is 2. The van der Waals surface area contributed by atoms with Crippen molar-refractivity contribution in [3.8, 4) is 0 Å². The van der Waals surface area contributed by atoms with E-state index in [1.54, 1.807) is 53.4 Å². The fourth-order valence-corrected chi connectivity index (χ4v) is 16.9. The first kappa shape index (κ1) is 70.7. The summed E-state index contributed by atoms with van der Waals surface area (Å²) in [5.41, 5.74) is 2.94. The van der Waals surface area contributed by atoms with Crippen molar-refractivity contribution in [2.75, 3.05) is 27.7 Å². The predicted octanol–water partition coefficient (Wildman–Crippen LogP) is 9.07. The topological polar surface area (TPSA) is 197 Å². The Morgan fingerprint density at radius 2 is 1.27 bits per heavy atom. The average molecular weight is 1210 g/mol. The molecule has 0 saturated carbocycles. The molecule has 478 valence electrons. The molecule has 3 aliphatic rings. The number of methoxy groups -OCH3 is 1. The van der Waals surface area contributed by atoms with Crippen LogP contribution in [0.4, 0.5) is 0 Å². The monoisotopic (exact) mass is 1200 g/mol. The standard InChI is InChI=1S/C69H109N2O13P/c1-19-57-69(15,78)62(74)50(11)71(58(72)27-25-23-21-20-22-24-26-52-30-45(6)35-55(37-52)85(53-31-41(2)28-42(3)32-53)54-33-43(4)29-44(5)34-54)40-46(7)38-67(13,77)64(84-66-60(73)56(70(16)17)36-47(8)80-66)48(9)61(49(10)65(76)82-57)83-59-39-68(14,79-18)63(75)51(12)81-59/h28-35,37,46-51,56-57,59-64,66,73-75,77-78H,19-27,36,38-40H2,1-18H3/t46-,47-,48+,49-,50-,51+,56+,57-,59+,60-,61+,62-,63+,64-,66+,67-,68-,69-/m1/s1. The van der Waals surface area contributed by atoms with Crippen molar-refractivity contribution in [3.63, 3.8) is 0 Å². The summed E-state index contributed by atoms with van der Waals surface area (Å²) in [6, 6.07) is 19.8. The Bertz CT molecular complexity index is 2560. The van der Waals surface area contributed by atoms with Gasteiger partial charge in [0, 0.05) is 38.5 Å². The fraction of sp³-hybridized carbons (Fsp3) is 0.710. The third kappa shape index (κ3) is 17.9. The first-order valence-corrected chi connectivity index (χ1v) is 33.0. The number of hydrogen-bond donors (Lipinski definition) is 5. The van der Waals surface area contributed by atoms with Crippen molar-refractivity contribution in [3.05, 3.63) is 88.0 Å². The second-order valence-corrected chi connectivity index (χ2v) is 29.3. The number of esters is 1. The van der Waals surface area contributed by atoms with Crippen molar-refractivity contribution < 1.29 is 63.5 Å². The molecule has 5 N–H and O–H groups in total. The van der Waals surface area contributed by atoms with Gasteiger partial charge in [0.25, 0.3) is 0 Å². The predicted molar refractivity (Wildman–Crippen MR) is 338 cm³/mol. The summed E-state index contributed by atoms with van der Waals surface area (Å²) in [4.78, 5) is 32.9. The van der Waals surface area contributed by atoms with E-state index in [9.17, 15) is 35.1 Å². The molecule has 0 radical (unpaired) electrons. The molecule has 3 aliphatic heterocycles. The van der Waals surface area contributed by atoms with Crippen LogP contribution in [0.3, 0.4) is 0 Å². The van der Waals surface area contributed by atoms with Gasteiger partial charge in [-0.05, 0) is 171 Å². The lowest BCUT2D eigenvalue weighted by Gasteiger charge is -2.48. The van der Waals surface area contributed by atoms with Crippen LogP contribution in [0.2, 0.25) is 0 Å². The van der Waals surface area contributed by atoms with E-state index in [0.29, 0.717) is 12.8 Å². The van der Waals surface area contributed by atoms with Gasteiger partial charge in [0.15, 0.2) is 12.6 Å². The van der Waals surface area contributed by atoms with Crippen LogP contribution in [0.25, 0.3) is 0 Å². The molecule has 6 rings (SSSR count). The molecule has 15 nitrogen and oxygen atoms in total. The Kier molecular flexibility index (Phi) is 25.3. The summed E-state index contributed by atoms with van der Waals surface area (Å²) < 4.78 is 38.3. The number of hydrogen-bond acceptors (Lipinski definition) is 14. The molecule has 18 atom stereocenters. The smallest absolute Gasteiger partial charge is 0.311 e. The lowest BCUT2D eigenvalue weighted by atomic mass is 9.77. The zero-order chi connectivity index (χ0) is 63.0. The van der Waals surface area contributed by atoms with Crippen LogP contribution < -0.4 is 15.9 Å². The quantitative estimate of drug-likeness (QED) is 0.0433. The number of likely N-dealkylation sites (N-methyl/N-ethyl adjacent to an activating group) is 1. The van der Waals surface area contributed by atoms with Crippen LogP contribution in [0.15, 0.2) is 54.6 Å². The molecule has 85 heavy (non-hydrogen) atoms. The number of aliphatic hydroxyl groups excluding tert-OH is 3. The van der Waals surface area contributed by atoms with Gasteiger partial charge in [-0.25, -0.2) is 0 Å². The first-order valence-electron chi connectivity index (χ1n) is 31.7. The number of amides is 1. The van der Waals surface area contributed by atoms with Crippen LogP contribution in [-0.2, 0) is 44.4 Å². The highest BCUT2D eigenvalue weighted by Gasteiger charge is 2.53. The van der Waals surface area contributed by atoms with Crippen molar-refractivity contribution >= 4 is 35.7 Å². The summed E-state index contributed by atoms with van der Waals surface area (Å²) in [6.45, 7) is 28.4. The maximum atomic E-state index is 14.7. The molecule has 0 spiro atoms. The minimum atomic E-state index is -2.01. The van der Waals surface area contributed by atoms with Gasteiger partial charge in [-0.2, -0.15) is 0 Å². The van der Waals surface area contributed by atoms with E-state index in [1.165, 1.54) is 63.3 Å². The van der Waals surface area contributed by atoms with E-state index >= 15 is 0 Å². The molecule has 3 saturated heterocycles. The molecule has 0 aromatic heterocycles. The Balaban J connectivity index is 1.19. The Morgan fingerprint density at radius 3 is 1.82 bits per heavy atom. The largest absolute Gasteiger partial charge is 0.459 e. The zero-order valence-electron chi connectivity index (χ0n) is 54.9. The van der Waals surface area contributed by atoms with Crippen molar-refractivity contribution in [2.24, 2.45) is 17.8 Å². The molecule has 3 aromatic carbocycles. The minimum absolute atomic E-state index is 0.0682. The summed E-state index contributed by atoms with van der Waals surface area (Å²) in [5.74, 6) is -3.29. The number of aliphatic hydroxyl groups is 5. The number of benzene rings is 3. The third-order valence-corrected chi connectivity index (χ3v) is 21.0. The molecule has 0 unspecified atom stereocenters. The molecule has 3 heterocycles. The maximum absolute atomic E-state index is 14.7. The Morgan fingerprint density at radius 1 is 0.729 bits per heavy atom. The zero-order valence-corrected chi connectivity index (χ0v) is 55.8. The van der Waals surface area contributed by atoms with E-state index in [1.807, 2.05) is 32.8 Å². The molecule has 3 fully saturated rings. The van der Waals surface area contributed by atoms with Gasteiger partial charge in [0.2, 0.25) is 5.91 Å². The summed E-state index contributed by atoms with van der Waals surface area (Å²) in [5, 5.41) is 64.8. The SMILES string of the molecule is CC[C@H]1OC(=O)[C@H](C)[C@@H](O[C@H]2C[C@@](C)(OC)[C@@H](O)[C@H](C)O2)[C@H](C)[C@@H](O[C@@H]2O[C@H](C)C[C@H](N(C)C)[C@H]2O)[C@](C)(O)C[C@@H](C)CN(C(=O)CCCCCCCCc2cc(C)cc(P(c3cc(C)cc(C)c3)c3cc(C)cc(C)c3)c2)[C@H](C)[C@@H](O)[C@]1(C)O. The number of aryl methyl sites for hydroxylation is 6. The summed E-state index contributed by atoms with van der Waals surface area (Å²) >= 11 is 0. The van der Waals surface area contributed by atoms with Gasteiger partial charge >= 0.3 is 5.97 Å². The van der Waals surface area contributed by atoms with Gasteiger partial charge in [-0.1, -0.05) is 129 Å². The number of nitrogens with zero attached hydrogens (tertiary/aromatic N) is 2. The van der Waals surface area contributed by atoms with Gasteiger partial charge in [0.05, 0.1) is 47.6 Å². The number of ether oxygens (including phenoxy) is 6. The first-order chi connectivity index (χ1) is 39.8. The molecule has 0 bridgehead atoms. The van der Waals surface area contributed by atoms with Crippen LogP contribution in [0, 0.1) is 52.4 Å². The fourth-order valence-electron chi connectivity index (χ4n) is 14.0. The number of carbonyl (C=O) groups excluding carboxylic acids is 2. The number of unbranched alkanes of at least 4 members (excludes halogenated alkanes) is 5.